The highest BCUT2D eigenvalue weighted by Gasteiger charge is 2.78. The van der Waals surface area contributed by atoms with Crippen molar-refractivity contribution in [3.05, 3.63) is 131 Å². The van der Waals surface area contributed by atoms with Gasteiger partial charge >= 0.3 is 29.8 Å². The summed E-state index contributed by atoms with van der Waals surface area (Å²) in [7, 11) is 0. The topological polar surface area (TPSA) is 282 Å². The quantitative estimate of drug-likeness (QED) is 0.0691. The molecule has 0 aromatic heterocycles. The Hall–Kier alpha value is -7.68. The van der Waals surface area contributed by atoms with Crippen molar-refractivity contribution in [3.8, 4) is 0 Å². The van der Waals surface area contributed by atoms with Gasteiger partial charge in [0.05, 0.1) is 36.0 Å². The van der Waals surface area contributed by atoms with Gasteiger partial charge in [0.25, 0.3) is 17.7 Å². The van der Waals surface area contributed by atoms with Crippen LogP contribution in [0.5, 0.6) is 0 Å². The number of carbonyl (C=O) groups excluding carboxylic acids is 10. The number of ketones is 2. The van der Waals surface area contributed by atoms with Gasteiger partial charge in [0.15, 0.2) is 17.5 Å². The molecule has 3 amide bonds. The third kappa shape index (κ3) is 10.5. The second-order valence-corrected chi connectivity index (χ2v) is 21.1. The number of hydrogen-bond donors (Lipinski definition) is 3. The Morgan fingerprint density at radius 3 is 1.96 bits per heavy atom. The van der Waals surface area contributed by atoms with Crippen LogP contribution in [0, 0.1) is 16.7 Å². The first kappa shape index (κ1) is 56.5. The van der Waals surface area contributed by atoms with Crippen LogP contribution in [0.3, 0.4) is 0 Å². The zero-order chi connectivity index (χ0) is 56.5. The van der Waals surface area contributed by atoms with E-state index in [0.29, 0.717) is 0 Å². The monoisotopic (exact) mass is 1070 g/mol. The lowest BCUT2D eigenvalue weighted by Gasteiger charge is -2.67. The number of ether oxygens (including phenoxy) is 6. The highest BCUT2D eigenvalue weighted by atomic mass is 16.6. The molecule has 3 aromatic carbocycles. The van der Waals surface area contributed by atoms with Crippen molar-refractivity contribution in [2.24, 2.45) is 16.7 Å². The van der Waals surface area contributed by atoms with E-state index >= 15 is 9.59 Å². The number of nitrogens with one attached hydrogen (secondary N) is 1. The number of hydrogen-bond acceptors (Lipinski definition) is 18. The average molecular weight is 1080 g/mol. The summed E-state index contributed by atoms with van der Waals surface area (Å²) in [5.41, 5.74) is -7.88. The summed E-state index contributed by atoms with van der Waals surface area (Å²) in [6, 6.07) is 22.1. The number of nitrogens with zero attached hydrogens (tertiary/aromatic N) is 1. The number of amides is 3. The summed E-state index contributed by atoms with van der Waals surface area (Å²) in [5, 5.41) is 29.0. The molecule has 2 saturated carbocycles. The Morgan fingerprint density at radius 2 is 1.38 bits per heavy atom. The Kier molecular flexibility index (Phi) is 16.2. The van der Waals surface area contributed by atoms with E-state index < -0.39 is 143 Å². The maximum Gasteiger partial charge on any atom is 0.350 e. The number of benzene rings is 3. The number of fused-ring (bicyclic) bond motifs is 5. The third-order valence-electron chi connectivity index (χ3n) is 16.1. The number of imide groups is 1. The molecule has 1 saturated heterocycles. The number of aliphatic hydroxyl groups excluding tert-OH is 1. The van der Waals surface area contributed by atoms with Gasteiger partial charge in [-0.1, -0.05) is 80.6 Å². The maximum absolute atomic E-state index is 15.8. The van der Waals surface area contributed by atoms with E-state index in [1.165, 1.54) is 52.0 Å². The van der Waals surface area contributed by atoms with Gasteiger partial charge in [-0.2, -0.15) is 0 Å². The van der Waals surface area contributed by atoms with Crippen LogP contribution >= 0.6 is 0 Å². The molecule has 2 heterocycles. The third-order valence-corrected chi connectivity index (χ3v) is 16.1. The van der Waals surface area contributed by atoms with Crippen LogP contribution in [0.2, 0.25) is 0 Å². The van der Waals surface area contributed by atoms with Gasteiger partial charge in [-0.05, 0) is 61.2 Å². The van der Waals surface area contributed by atoms with E-state index in [2.05, 4.69) is 5.32 Å². The molecule has 2 unspecified atom stereocenters. The number of esters is 5. The zero-order valence-corrected chi connectivity index (χ0v) is 44.0. The van der Waals surface area contributed by atoms with E-state index in [4.69, 9.17) is 28.4 Å². The molecular weight excluding hydrogens is 1010 g/mol. The average Bonchev–Trinajstić information content (AvgIpc) is 3.28. The SMILES string of the molecule is CC(=O)O[C@H]1C(=O)[C@@]2(C)[C@H](C(OC(=O)c3ccccc3)[C@]3(O)CC(OC(=O)[C@H](OC(=O)CCC(=O)CCCN4C(=O)C=CC4=O)[C@@H](NC(=O)c4ccccc4)c4ccccc4)C(C)=C1C3(C)C)[C@]1(OC(C)=O)CO[C@@H]1C[C@@H]2O. The number of carbonyl (C=O) groups is 10. The minimum atomic E-state index is -2.52. The second kappa shape index (κ2) is 22.4. The van der Waals surface area contributed by atoms with Gasteiger partial charge in [0.2, 0.25) is 6.10 Å². The molecule has 5 aliphatic rings. The largest absolute Gasteiger partial charge is 0.455 e. The minimum Gasteiger partial charge on any atom is -0.455 e. The number of rotatable bonds is 18. The van der Waals surface area contributed by atoms with Crippen LogP contribution in [0.4, 0.5) is 0 Å². The van der Waals surface area contributed by atoms with Crippen LogP contribution in [-0.4, -0.2) is 135 Å². The van der Waals surface area contributed by atoms with Crippen molar-refractivity contribution < 1.29 is 86.6 Å². The van der Waals surface area contributed by atoms with Gasteiger partial charge < -0.3 is 44.0 Å². The molecule has 3 aliphatic carbocycles. The highest BCUT2D eigenvalue weighted by molar-refractivity contribution is 6.12. The summed E-state index contributed by atoms with van der Waals surface area (Å²) < 4.78 is 36.8. The van der Waals surface area contributed by atoms with Crippen LogP contribution < -0.4 is 5.32 Å². The van der Waals surface area contributed by atoms with Gasteiger partial charge in [0, 0.05) is 69.2 Å². The molecule has 20 nitrogen and oxygen atoms in total. The molecule has 3 aromatic rings. The molecular formula is C58H62N2O18. The molecule has 20 heteroatoms. The first-order valence-electron chi connectivity index (χ1n) is 25.7. The lowest BCUT2D eigenvalue weighted by molar-refractivity contribution is -0.346. The fourth-order valence-electron chi connectivity index (χ4n) is 11.9. The number of aliphatic hydroxyl groups is 2. The van der Waals surface area contributed by atoms with Crippen LogP contribution in [0.15, 0.2) is 114 Å². The van der Waals surface area contributed by atoms with Crippen molar-refractivity contribution in [2.45, 2.75) is 134 Å². The molecule has 0 radical (unpaired) electrons. The van der Waals surface area contributed by atoms with Gasteiger partial charge in [-0.25, -0.2) is 9.59 Å². The molecule has 2 aliphatic heterocycles. The second-order valence-electron chi connectivity index (χ2n) is 21.1. The maximum atomic E-state index is 15.8. The summed E-state index contributed by atoms with van der Waals surface area (Å²) in [6.45, 7) is 7.64. The molecule has 78 heavy (non-hydrogen) atoms. The molecule has 3 N–H and O–H groups in total. The van der Waals surface area contributed by atoms with Crippen LogP contribution in [-0.2, 0) is 66.8 Å². The zero-order valence-electron chi connectivity index (χ0n) is 44.0. The van der Waals surface area contributed by atoms with E-state index in [9.17, 15) is 48.6 Å². The van der Waals surface area contributed by atoms with Gasteiger partial charge in [-0.15, -0.1) is 0 Å². The lowest BCUT2D eigenvalue weighted by Crippen LogP contribution is -2.82. The summed E-state index contributed by atoms with van der Waals surface area (Å²) in [5.74, 6) is -9.88. The van der Waals surface area contributed by atoms with Crippen LogP contribution in [0.25, 0.3) is 0 Å². The van der Waals surface area contributed by atoms with Crippen molar-refractivity contribution in [2.75, 3.05) is 13.2 Å². The Morgan fingerprint density at radius 1 is 0.782 bits per heavy atom. The first-order chi connectivity index (χ1) is 36.9. The summed E-state index contributed by atoms with van der Waals surface area (Å²) >= 11 is 0. The lowest BCUT2D eigenvalue weighted by atomic mass is 9.44. The Bertz CT molecular complexity index is 2940. The van der Waals surface area contributed by atoms with Gasteiger partial charge in [0.1, 0.15) is 35.7 Å². The smallest absolute Gasteiger partial charge is 0.350 e. The Labute approximate surface area is 449 Å². The van der Waals surface area contributed by atoms with E-state index in [0.717, 1.165) is 30.9 Å². The highest BCUT2D eigenvalue weighted by Crippen LogP contribution is 2.64. The van der Waals surface area contributed by atoms with E-state index in [-0.39, 0.29) is 66.7 Å². The van der Waals surface area contributed by atoms with Crippen molar-refractivity contribution in [1.82, 2.24) is 10.2 Å². The first-order valence-corrected chi connectivity index (χ1v) is 25.7. The molecule has 11 atom stereocenters. The molecule has 2 bridgehead atoms. The predicted molar refractivity (Wildman–Crippen MR) is 271 cm³/mol. The fourth-order valence-corrected chi connectivity index (χ4v) is 11.9. The van der Waals surface area contributed by atoms with Crippen LogP contribution in [0.1, 0.15) is 112 Å². The summed E-state index contributed by atoms with van der Waals surface area (Å²) in [4.78, 5) is 138. The standard InChI is InChI=1S/C58H62N2O18/c1-32-39(75-54(71)48(46(35-17-10-7-11-18-35)59-52(69)36-19-12-8-13-20-36)76-44(67)27-24-38(63)23-16-28-60-42(65)25-26-43(60)66)30-58(72)51(77-53(70)37-21-14-9-15-22-37)49-56(6,40(64)29-41-57(49,31-73-41)78-34(3)62)50(68)47(74-33(2)61)45(32)55(58,4)5/h7-15,17-22,25-26,39-41,46-49,51,64,72H,16,23-24,27-31H2,1-6H3,(H,59,69)/t39?,40-,41+,46-,47+,48+,49-,51?,56+,57-,58+/m0/s1. The summed E-state index contributed by atoms with van der Waals surface area (Å²) in [6.07, 6.45) is -9.94. The Balaban J connectivity index is 1.22. The predicted octanol–water partition coefficient (Wildman–Crippen LogP) is 4.34. The fraction of sp³-hybridized carbons (Fsp3) is 0.448. The van der Waals surface area contributed by atoms with E-state index in [1.807, 2.05) is 0 Å². The minimum absolute atomic E-state index is 0.0142. The molecule has 412 valence electrons. The molecule has 3 fully saturated rings. The van der Waals surface area contributed by atoms with Gasteiger partial charge in [-0.3, -0.25) is 43.3 Å². The molecule has 8 rings (SSSR count). The molecule has 0 spiro atoms. The van der Waals surface area contributed by atoms with Crippen molar-refractivity contribution >= 4 is 59.1 Å². The van der Waals surface area contributed by atoms with E-state index in [1.54, 1.807) is 66.7 Å². The normalized spacial score (nSPS) is 28.5. The van der Waals surface area contributed by atoms with Crippen molar-refractivity contribution in [3.63, 3.8) is 0 Å². The van der Waals surface area contributed by atoms with Crippen molar-refractivity contribution in [1.29, 1.82) is 0 Å². The number of Topliss-reactive ketones (excluding diaryl/α,β-unsaturated/α-hetero) is 2.